The fourth-order valence-electron chi connectivity index (χ4n) is 7.82. The average molecular weight is 1130 g/mol. The number of hydrogen-bond donors (Lipinski definition) is 0. The van der Waals surface area contributed by atoms with Gasteiger partial charge in [-0.05, 0) is 122 Å². The fraction of sp³-hybridized carbons (Fsp3) is 0.600. The SMILES string of the molecule is CC/C=C\C/C=C\C/C=C\C/C=C\C/C=C\C/C=C\C/C=C\C/C=C\CCCCC(=O)OC(COC(=O)CCCCCCCCCCCCCCC/C=C\C/C=C\C/C=C\C/C=C\C/C=C\CC)COP(=O)([O-])OCC[N+](C)(C)C. The molecule has 0 heterocycles. The lowest BCUT2D eigenvalue weighted by atomic mass is 10.0. The van der Waals surface area contributed by atoms with Crippen molar-refractivity contribution in [1.29, 1.82) is 0 Å². The van der Waals surface area contributed by atoms with Crippen molar-refractivity contribution in [2.45, 2.75) is 225 Å². The van der Waals surface area contributed by atoms with Crippen molar-refractivity contribution >= 4 is 19.8 Å². The van der Waals surface area contributed by atoms with E-state index in [4.69, 9.17) is 18.5 Å². The summed E-state index contributed by atoms with van der Waals surface area (Å²) in [4.78, 5) is 38.0. The molecule has 10 heteroatoms. The van der Waals surface area contributed by atoms with Gasteiger partial charge in [-0.3, -0.25) is 14.2 Å². The van der Waals surface area contributed by atoms with Gasteiger partial charge in [0.05, 0.1) is 27.7 Å². The number of rotatable bonds is 55. The number of carbonyl (C=O) groups is 2. The number of carbonyl (C=O) groups excluding carboxylic acids is 2. The van der Waals surface area contributed by atoms with Gasteiger partial charge < -0.3 is 27.9 Å². The van der Waals surface area contributed by atoms with Crippen LogP contribution in [-0.2, 0) is 32.7 Å². The molecule has 0 bridgehead atoms. The molecule has 80 heavy (non-hydrogen) atoms. The molecule has 9 nitrogen and oxygen atoms in total. The van der Waals surface area contributed by atoms with Crippen LogP contribution in [0.1, 0.15) is 219 Å². The molecule has 0 saturated carbocycles. The maximum Gasteiger partial charge on any atom is 0.306 e. The highest BCUT2D eigenvalue weighted by molar-refractivity contribution is 7.45. The molecule has 0 aliphatic heterocycles. The van der Waals surface area contributed by atoms with E-state index in [1.165, 1.54) is 64.2 Å². The lowest BCUT2D eigenvalue weighted by Crippen LogP contribution is -2.37. The number of likely N-dealkylation sites (N-methyl/N-ethyl adjacent to an activating group) is 1. The summed E-state index contributed by atoms with van der Waals surface area (Å²) < 4.78 is 34.2. The molecule has 0 fully saturated rings. The van der Waals surface area contributed by atoms with E-state index in [-0.39, 0.29) is 26.1 Å². The summed E-state index contributed by atoms with van der Waals surface area (Å²) in [5.74, 6) is -0.897. The van der Waals surface area contributed by atoms with Gasteiger partial charge in [0.15, 0.2) is 6.10 Å². The van der Waals surface area contributed by atoms with Gasteiger partial charge in [-0.2, -0.15) is 0 Å². The van der Waals surface area contributed by atoms with Gasteiger partial charge >= 0.3 is 11.9 Å². The minimum absolute atomic E-state index is 0.0485. The summed E-state index contributed by atoms with van der Waals surface area (Å²) in [6, 6.07) is 0. The van der Waals surface area contributed by atoms with Crippen molar-refractivity contribution in [3.05, 3.63) is 158 Å². The third-order valence-corrected chi connectivity index (χ3v) is 13.5. The molecule has 0 aromatic carbocycles. The van der Waals surface area contributed by atoms with Crippen LogP contribution in [0.5, 0.6) is 0 Å². The highest BCUT2D eigenvalue weighted by atomic mass is 31.2. The maximum absolute atomic E-state index is 12.8. The van der Waals surface area contributed by atoms with E-state index in [0.717, 1.165) is 116 Å². The number of nitrogens with zero attached hydrogens (tertiary/aromatic N) is 1. The lowest BCUT2D eigenvalue weighted by Gasteiger charge is -2.28. The molecule has 0 radical (unpaired) electrons. The van der Waals surface area contributed by atoms with Gasteiger partial charge in [0.2, 0.25) is 0 Å². The molecule has 2 atom stereocenters. The van der Waals surface area contributed by atoms with Crippen LogP contribution in [0.15, 0.2) is 158 Å². The number of ether oxygens (including phenoxy) is 2. The molecule has 452 valence electrons. The number of esters is 2. The van der Waals surface area contributed by atoms with Gasteiger partial charge in [0, 0.05) is 12.8 Å². The average Bonchev–Trinajstić information content (AvgIpc) is 3.42. The Balaban J connectivity index is 4.25. The molecule has 0 spiro atoms. The van der Waals surface area contributed by atoms with E-state index in [2.05, 4.69) is 172 Å². The Bertz CT molecular complexity index is 1900. The van der Waals surface area contributed by atoms with Crippen LogP contribution >= 0.6 is 7.82 Å². The van der Waals surface area contributed by atoms with E-state index in [0.29, 0.717) is 23.9 Å². The van der Waals surface area contributed by atoms with Crippen LogP contribution in [0, 0.1) is 0 Å². The van der Waals surface area contributed by atoms with E-state index in [1.54, 1.807) is 0 Å². The monoisotopic (exact) mass is 1130 g/mol. The summed E-state index contributed by atoms with van der Waals surface area (Å²) in [7, 11) is 1.11. The van der Waals surface area contributed by atoms with Crippen molar-refractivity contribution in [2.24, 2.45) is 0 Å². The van der Waals surface area contributed by atoms with E-state index in [1.807, 2.05) is 21.1 Å². The van der Waals surface area contributed by atoms with Crippen molar-refractivity contribution in [3.63, 3.8) is 0 Å². The predicted octanol–water partition coefficient (Wildman–Crippen LogP) is 19.4. The largest absolute Gasteiger partial charge is 0.756 e. The van der Waals surface area contributed by atoms with E-state index >= 15 is 0 Å². The first kappa shape index (κ1) is 75.6. The first-order valence-corrected chi connectivity index (χ1v) is 32.7. The second kappa shape index (κ2) is 59.3. The second-order valence-corrected chi connectivity index (χ2v) is 22.7. The Hall–Kier alpha value is -4.37. The number of quaternary nitrogens is 1. The first-order chi connectivity index (χ1) is 39.0. The third kappa shape index (κ3) is 62.8. The molecule has 0 aromatic rings. The third-order valence-electron chi connectivity index (χ3n) is 12.5. The highest BCUT2D eigenvalue weighted by Gasteiger charge is 2.21. The Kier molecular flexibility index (Phi) is 56.0. The zero-order chi connectivity index (χ0) is 58.4. The van der Waals surface area contributed by atoms with Crippen LogP contribution in [-0.4, -0.2) is 70.0 Å². The number of unbranched alkanes of at least 4 members (excludes halogenated alkanes) is 15. The summed E-state index contributed by atoms with van der Waals surface area (Å²) >= 11 is 0. The minimum Gasteiger partial charge on any atom is -0.756 e. The fourth-order valence-corrected chi connectivity index (χ4v) is 8.54. The molecule has 0 aliphatic rings. The molecule has 0 saturated heterocycles. The number of phosphoric acid groups is 1. The van der Waals surface area contributed by atoms with Crippen LogP contribution in [0.4, 0.5) is 0 Å². The summed E-state index contributed by atoms with van der Waals surface area (Å²) in [6.07, 6.45) is 88.7. The lowest BCUT2D eigenvalue weighted by molar-refractivity contribution is -0.870. The minimum atomic E-state index is -4.66. The summed E-state index contributed by atoms with van der Waals surface area (Å²) in [5.41, 5.74) is 0. The smallest absolute Gasteiger partial charge is 0.306 e. The normalized spacial score (nSPS) is 14.3. The van der Waals surface area contributed by atoms with Gasteiger partial charge in [0.1, 0.15) is 19.8 Å². The summed E-state index contributed by atoms with van der Waals surface area (Å²) in [6.45, 7) is 3.94. The zero-order valence-corrected chi connectivity index (χ0v) is 52.1. The maximum atomic E-state index is 12.8. The van der Waals surface area contributed by atoms with Crippen molar-refractivity contribution < 1.29 is 42.1 Å². The molecule has 0 rings (SSSR count). The number of phosphoric ester groups is 1. The first-order valence-electron chi connectivity index (χ1n) is 31.2. The topological polar surface area (TPSA) is 111 Å². The standard InChI is InChI=1S/C70H114NO8P/c1-6-8-10-12-14-16-18-20-22-24-26-28-30-32-34-35-37-38-40-42-44-46-48-50-52-54-56-58-60-62-69(72)76-66-68(67-78-80(74,75)77-65-64-71(3,4)5)79-70(73)63-61-59-57-55-53-51-49-47-45-43-41-39-36-33-31-29-27-25-23-21-19-17-15-13-11-9-7-2/h8-11,14-17,20-23,26-29,32-34,36,41,43,47,49,53,55,68H,6-7,12-13,18-19,24-25,30-31,35,37-40,42,44-46,48,50-52,54,56-67H2,1-5H3/b10-8-,11-9-,16-14-,17-15-,22-20-,23-21-,28-26-,29-27-,34-32-,36-33-,43-41-,49-47-,55-53-. The quantitative estimate of drug-likeness (QED) is 0.0195. The van der Waals surface area contributed by atoms with Gasteiger partial charge in [-0.15, -0.1) is 0 Å². The van der Waals surface area contributed by atoms with Gasteiger partial charge in [-0.25, -0.2) is 0 Å². The van der Waals surface area contributed by atoms with Gasteiger partial charge in [0.25, 0.3) is 7.82 Å². The van der Waals surface area contributed by atoms with Crippen molar-refractivity contribution in [3.8, 4) is 0 Å². The number of allylic oxidation sites excluding steroid dienone is 26. The Labute approximate surface area is 490 Å². The van der Waals surface area contributed by atoms with E-state index in [9.17, 15) is 19.0 Å². The van der Waals surface area contributed by atoms with Gasteiger partial charge in [-0.1, -0.05) is 242 Å². The Morgan fingerprint density at radius 2 is 0.675 bits per heavy atom. The van der Waals surface area contributed by atoms with Crippen molar-refractivity contribution in [1.82, 2.24) is 0 Å². The highest BCUT2D eigenvalue weighted by Crippen LogP contribution is 2.38. The molecular weight excluding hydrogens is 1010 g/mol. The Morgan fingerprint density at radius 3 is 1.02 bits per heavy atom. The Morgan fingerprint density at radius 1 is 0.388 bits per heavy atom. The summed E-state index contributed by atoms with van der Waals surface area (Å²) in [5, 5.41) is 0. The predicted molar refractivity (Wildman–Crippen MR) is 341 cm³/mol. The molecule has 0 amide bonds. The molecular formula is C70H114NO8P. The van der Waals surface area contributed by atoms with Crippen LogP contribution in [0.25, 0.3) is 0 Å². The molecule has 0 aromatic heterocycles. The molecule has 0 aliphatic carbocycles. The van der Waals surface area contributed by atoms with Crippen LogP contribution in [0.2, 0.25) is 0 Å². The second-order valence-electron chi connectivity index (χ2n) is 21.3. The molecule has 0 N–H and O–H groups in total. The van der Waals surface area contributed by atoms with Crippen LogP contribution < -0.4 is 4.89 Å². The van der Waals surface area contributed by atoms with Crippen molar-refractivity contribution in [2.75, 3.05) is 47.5 Å². The zero-order valence-electron chi connectivity index (χ0n) is 51.2. The molecule has 2 unspecified atom stereocenters. The van der Waals surface area contributed by atoms with Crippen LogP contribution in [0.3, 0.4) is 0 Å². The number of hydrogen-bond acceptors (Lipinski definition) is 8. The van der Waals surface area contributed by atoms with E-state index < -0.39 is 32.5 Å².